The van der Waals surface area contributed by atoms with Gasteiger partial charge in [-0.25, -0.2) is 0 Å². The number of allylic oxidation sites excluding steroid dienone is 3. The van der Waals surface area contributed by atoms with E-state index in [1.54, 1.807) is 0 Å². The number of fused-ring (bicyclic) bond motifs is 1. The molecule has 0 aromatic heterocycles. The lowest BCUT2D eigenvalue weighted by atomic mass is 9.61. The van der Waals surface area contributed by atoms with Gasteiger partial charge in [0.2, 0.25) is 8.32 Å². The van der Waals surface area contributed by atoms with E-state index in [1.807, 2.05) is 13.8 Å². The second-order valence-corrected chi connectivity index (χ2v) is 25.2. The quantitative estimate of drug-likeness (QED) is 0.0708. The summed E-state index contributed by atoms with van der Waals surface area (Å²) in [4.78, 5) is 25.7. The Morgan fingerprint density at radius 1 is 0.978 bits per heavy atom. The molecule has 0 unspecified atom stereocenters. The molecule has 0 saturated heterocycles. The first-order valence-electron chi connectivity index (χ1n) is 18.0. The second-order valence-electron chi connectivity index (χ2n) is 15.7. The van der Waals surface area contributed by atoms with Crippen LogP contribution in [0.4, 0.5) is 0 Å². The van der Waals surface area contributed by atoms with Crippen LogP contribution in [0.1, 0.15) is 108 Å². The van der Waals surface area contributed by atoms with Crippen LogP contribution in [0.5, 0.6) is 0 Å². The van der Waals surface area contributed by atoms with E-state index in [0.29, 0.717) is 30.1 Å². The number of hydrogen-bond acceptors (Lipinski definition) is 6. The summed E-state index contributed by atoms with van der Waals surface area (Å²) in [6.07, 6.45) is 11.2. The molecule has 0 spiro atoms. The van der Waals surface area contributed by atoms with Gasteiger partial charge >= 0.3 is 11.9 Å². The van der Waals surface area contributed by atoms with E-state index in [-0.39, 0.29) is 47.4 Å². The third-order valence-corrected chi connectivity index (χ3v) is 20.7. The minimum atomic E-state index is -2.17. The van der Waals surface area contributed by atoms with Crippen molar-refractivity contribution in [3.05, 3.63) is 24.0 Å². The van der Waals surface area contributed by atoms with Crippen LogP contribution in [0, 0.1) is 35.5 Å². The average molecular weight is 665 g/mol. The number of ether oxygens (including phenoxy) is 2. The van der Waals surface area contributed by atoms with Crippen LogP contribution in [-0.2, 0) is 27.9 Å². The van der Waals surface area contributed by atoms with E-state index in [9.17, 15) is 9.59 Å². The zero-order chi connectivity index (χ0) is 34.2. The lowest BCUT2D eigenvalue weighted by Crippen LogP contribution is -2.46. The molecule has 1 saturated carbocycles. The highest BCUT2D eigenvalue weighted by Crippen LogP contribution is 2.48. The van der Waals surface area contributed by atoms with Gasteiger partial charge in [0.15, 0.2) is 8.32 Å². The van der Waals surface area contributed by atoms with Crippen LogP contribution >= 0.6 is 0 Å². The van der Waals surface area contributed by atoms with E-state index in [2.05, 4.69) is 86.7 Å². The molecule has 0 N–H and O–H groups in total. The number of methoxy groups -OCH3 is 1. The lowest BCUT2D eigenvalue weighted by molar-refractivity contribution is -0.163. The first kappa shape index (κ1) is 39.8. The van der Waals surface area contributed by atoms with E-state index >= 15 is 0 Å². The van der Waals surface area contributed by atoms with E-state index in [4.69, 9.17) is 18.3 Å². The van der Waals surface area contributed by atoms with Crippen LogP contribution in [0.2, 0.25) is 36.3 Å². The molecule has 0 heterocycles. The Balaban J connectivity index is 2.51. The molecule has 0 aromatic rings. The molecule has 0 bridgehead atoms. The summed E-state index contributed by atoms with van der Waals surface area (Å²) in [6, 6.07) is 3.13. The van der Waals surface area contributed by atoms with Crippen molar-refractivity contribution in [2.45, 2.75) is 156 Å². The van der Waals surface area contributed by atoms with Gasteiger partial charge in [-0.3, -0.25) is 9.59 Å². The second kappa shape index (κ2) is 17.1. The van der Waals surface area contributed by atoms with Crippen LogP contribution in [0.3, 0.4) is 0 Å². The maximum atomic E-state index is 13.0. The third-order valence-electron chi connectivity index (χ3n) is 11.6. The summed E-state index contributed by atoms with van der Waals surface area (Å²) in [6.45, 7) is 26.6. The smallest absolute Gasteiger partial charge is 0.308 e. The van der Waals surface area contributed by atoms with Crippen LogP contribution in [-0.4, -0.2) is 47.9 Å². The molecule has 8 atom stereocenters. The van der Waals surface area contributed by atoms with Crippen molar-refractivity contribution in [2.75, 3.05) is 7.11 Å². The fraction of sp³-hybridized carbons (Fsp3) is 0.838. The highest BCUT2D eigenvalue weighted by atomic mass is 28.4. The third kappa shape index (κ3) is 10.8. The fourth-order valence-corrected chi connectivity index (χ4v) is 11.0. The predicted octanol–water partition coefficient (Wildman–Crippen LogP) is 10.1. The van der Waals surface area contributed by atoms with Gasteiger partial charge in [0.1, 0.15) is 6.10 Å². The average Bonchev–Trinajstić information content (AvgIpc) is 2.97. The molecule has 8 heteroatoms. The number of hydrogen-bond donors (Lipinski definition) is 0. The normalized spacial score (nSPS) is 27.4. The molecular weight excluding hydrogens is 597 g/mol. The number of carbonyl (C=O) groups is 2. The molecular formula is C37H68O6Si2. The molecule has 6 nitrogen and oxygen atoms in total. The first-order valence-corrected chi connectivity index (χ1v) is 23.4. The molecule has 0 amide bonds. The maximum Gasteiger partial charge on any atom is 0.308 e. The zero-order valence-electron chi connectivity index (χ0n) is 31.2. The van der Waals surface area contributed by atoms with Gasteiger partial charge in [0.05, 0.1) is 31.3 Å². The van der Waals surface area contributed by atoms with Gasteiger partial charge < -0.3 is 18.3 Å². The van der Waals surface area contributed by atoms with Crippen molar-refractivity contribution in [1.82, 2.24) is 0 Å². The monoisotopic (exact) mass is 664 g/mol. The highest BCUT2D eigenvalue weighted by molar-refractivity contribution is 6.74. The molecule has 0 aliphatic heterocycles. The SMILES string of the molecule is CC[C@H](C)C(=O)O[C@H]1C[C@H](C)C[C@@H]2C=C[C@H](C)[C@H](C/C=C(\C[C@H](CC(=O)OC)O[Si](C)(C)C(C)(C)C)O[Si](CC)(CC)CC)[C@@H]12. The van der Waals surface area contributed by atoms with Crippen molar-refractivity contribution in [1.29, 1.82) is 0 Å². The minimum Gasteiger partial charge on any atom is -0.547 e. The Hall–Kier alpha value is -1.39. The number of carbonyl (C=O) groups excluding carboxylic acids is 2. The fourth-order valence-electron chi connectivity index (χ4n) is 7.01. The summed E-state index contributed by atoms with van der Waals surface area (Å²) in [7, 11) is -2.72. The van der Waals surface area contributed by atoms with E-state index in [1.165, 1.54) is 7.11 Å². The summed E-state index contributed by atoms with van der Waals surface area (Å²) in [5, 5.41) is 0.0135. The molecule has 260 valence electrons. The topological polar surface area (TPSA) is 71.1 Å². The maximum absolute atomic E-state index is 13.0. The van der Waals surface area contributed by atoms with Crippen molar-refractivity contribution in [2.24, 2.45) is 35.5 Å². The summed E-state index contributed by atoms with van der Waals surface area (Å²) in [5.41, 5.74) is 0. The molecule has 1 fully saturated rings. The van der Waals surface area contributed by atoms with Gasteiger partial charge in [-0.1, -0.05) is 81.4 Å². The molecule has 2 rings (SSSR count). The van der Waals surface area contributed by atoms with Crippen LogP contribution in [0.15, 0.2) is 24.0 Å². The van der Waals surface area contributed by atoms with Gasteiger partial charge in [0.25, 0.3) is 0 Å². The Labute approximate surface area is 278 Å². The van der Waals surface area contributed by atoms with E-state index < -0.39 is 16.6 Å². The van der Waals surface area contributed by atoms with Gasteiger partial charge in [-0.15, -0.1) is 0 Å². The lowest BCUT2D eigenvalue weighted by Gasteiger charge is -2.47. The molecule has 45 heavy (non-hydrogen) atoms. The van der Waals surface area contributed by atoms with Gasteiger partial charge in [-0.2, -0.15) is 0 Å². The number of esters is 2. The molecule has 2 aliphatic carbocycles. The zero-order valence-corrected chi connectivity index (χ0v) is 33.2. The molecule has 0 aromatic carbocycles. The Morgan fingerprint density at radius 2 is 1.60 bits per heavy atom. The van der Waals surface area contributed by atoms with Crippen molar-refractivity contribution in [3.63, 3.8) is 0 Å². The van der Waals surface area contributed by atoms with E-state index in [0.717, 1.165) is 49.6 Å². The largest absolute Gasteiger partial charge is 0.547 e. The Morgan fingerprint density at radius 3 is 2.13 bits per heavy atom. The Kier molecular flexibility index (Phi) is 15.2. The first-order chi connectivity index (χ1) is 21.0. The summed E-state index contributed by atoms with van der Waals surface area (Å²) < 4.78 is 25.5. The minimum absolute atomic E-state index is 0.0135. The summed E-state index contributed by atoms with van der Waals surface area (Å²) in [5.74, 6) is 2.48. The molecule has 2 aliphatic rings. The van der Waals surface area contributed by atoms with Crippen molar-refractivity contribution >= 4 is 28.6 Å². The molecule has 0 radical (unpaired) electrons. The standard InChI is InChI=1S/C37H68O6Si2/c1-14-27(6)36(39)41-33-23-26(5)22-29-19-18-28(7)32(35(29)33)21-20-30(43-45(15-2,16-3)17-4)24-31(25-34(38)40-11)42-44(12,13)37(8,9)10/h18-20,26-29,31-33,35H,14-17,21-25H2,1-13H3/b30-20+/t26-,27+,28+,29+,31-,32+,33+,35+/m1/s1. The predicted molar refractivity (Wildman–Crippen MR) is 191 cm³/mol. The number of rotatable bonds is 16. The Bertz CT molecular complexity index is 1000. The van der Waals surface area contributed by atoms with Crippen LogP contribution < -0.4 is 0 Å². The highest BCUT2D eigenvalue weighted by Gasteiger charge is 2.45. The van der Waals surface area contributed by atoms with Crippen LogP contribution in [0.25, 0.3) is 0 Å². The van der Waals surface area contributed by atoms with Gasteiger partial charge in [-0.05, 0) is 91.7 Å². The summed E-state index contributed by atoms with van der Waals surface area (Å²) >= 11 is 0. The van der Waals surface area contributed by atoms with Crippen molar-refractivity contribution in [3.8, 4) is 0 Å². The van der Waals surface area contributed by atoms with Crippen molar-refractivity contribution < 1.29 is 27.9 Å². The van der Waals surface area contributed by atoms with Gasteiger partial charge in [0, 0.05) is 12.3 Å².